The highest BCUT2D eigenvalue weighted by molar-refractivity contribution is 4.54. The van der Waals surface area contributed by atoms with Gasteiger partial charge in [0.05, 0.1) is 12.5 Å². The van der Waals surface area contributed by atoms with Gasteiger partial charge in [0.1, 0.15) is 0 Å². The minimum absolute atomic E-state index is 0.837. The fourth-order valence-corrected chi connectivity index (χ4v) is 0.245. The zero-order valence-corrected chi connectivity index (χ0v) is 4.78. The summed E-state index contributed by atoms with van der Waals surface area (Å²) in [5, 5.41) is 17.0. The molecule has 2 N–H and O–H groups in total. The Morgan fingerprint density at radius 1 is 1.11 bits per heavy atom. The lowest BCUT2D eigenvalue weighted by Crippen LogP contribution is -2.31. The standard InChI is InChI=1S/C5H8O4/c1-3-8-5(6,7)9-4-2/h3-4,6-7H,1-2H2. The molecule has 0 aliphatic carbocycles. The smallest absolute Gasteiger partial charge is 0.415 e. The molecular formula is C5H8O4. The van der Waals surface area contributed by atoms with E-state index in [1.54, 1.807) is 0 Å². The topological polar surface area (TPSA) is 58.9 Å². The molecule has 0 rings (SSSR count). The van der Waals surface area contributed by atoms with Crippen molar-refractivity contribution in [2.45, 2.75) is 6.16 Å². The first kappa shape index (κ1) is 8.00. The molecule has 0 fully saturated rings. The molecule has 0 aliphatic rings. The molecule has 0 aromatic rings. The first-order chi connectivity index (χ1) is 4.12. The van der Waals surface area contributed by atoms with Crippen LogP contribution in [-0.4, -0.2) is 16.4 Å². The number of hydrogen-bond donors (Lipinski definition) is 2. The summed E-state index contributed by atoms with van der Waals surface area (Å²) in [5.74, 6) is 0. The van der Waals surface area contributed by atoms with E-state index in [1.165, 1.54) is 0 Å². The van der Waals surface area contributed by atoms with E-state index in [0.29, 0.717) is 0 Å². The summed E-state index contributed by atoms with van der Waals surface area (Å²) >= 11 is 0. The molecule has 0 aromatic carbocycles. The van der Waals surface area contributed by atoms with E-state index in [-0.39, 0.29) is 0 Å². The van der Waals surface area contributed by atoms with E-state index in [4.69, 9.17) is 10.2 Å². The van der Waals surface area contributed by atoms with E-state index in [2.05, 4.69) is 22.6 Å². The maximum Gasteiger partial charge on any atom is 0.503 e. The number of rotatable bonds is 4. The fraction of sp³-hybridized carbons (Fsp3) is 0.200. The summed E-state index contributed by atoms with van der Waals surface area (Å²) < 4.78 is 8.10. The van der Waals surface area contributed by atoms with Crippen molar-refractivity contribution < 1.29 is 19.7 Å². The number of aliphatic hydroxyl groups is 2. The Hall–Kier alpha value is -1.00. The highest BCUT2D eigenvalue weighted by Crippen LogP contribution is 2.03. The van der Waals surface area contributed by atoms with E-state index in [9.17, 15) is 0 Å². The maximum absolute atomic E-state index is 8.48. The molecule has 0 bridgehead atoms. The van der Waals surface area contributed by atoms with Gasteiger partial charge in [0.15, 0.2) is 0 Å². The predicted octanol–water partition coefficient (Wildman–Crippen LogP) is -0.0975. The van der Waals surface area contributed by atoms with E-state index in [1.807, 2.05) is 0 Å². The Balaban J connectivity index is 3.68. The third-order valence-electron chi connectivity index (χ3n) is 0.474. The summed E-state index contributed by atoms with van der Waals surface area (Å²) in [6, 6.07) is 0. The van der Waals surface area contributed by atoms with Crippen LogP contribution in [0.15, 0.2) is 25.7 Å². The van der Waals surface area contributed by atoms with Crippen LogP contribution in [0, 0.1) is 0 Å². The lowest BCUT2D eigenvalue weighted by Gasteiger charge is -2.16. The molecule has 0 spiro atoms. The van der Waals surface area contributed by atoms with Crippen LogP contribution >= 0.6 is 0 Å². The average Bonchev–Trinajstić information content (AvgIpc) is 1.64. The quantitative estimate of drug-likeness (QED) is 0.414. The summed E-state index contributed by atoms with van der Waals surface area (Å²) in [4.78, 5) is 0. The summed E-state index contributed by atoms with van der Waals surface area (Å²) in [6.45, 7) is 6.14. The fourth-order valence-electron chi connectivity index (χ4n) is 0.245. The van der Waals surface area contributed by atoms with Crippen molar-refractivity contribution in [2.75, 3.05) is 0 Å². The molecule has 0 heterocycles. The largest absolute Gasteiger partial charge is 0.503 e. The first-order valence-corrected chi connectivity index (χ1v) is 2.14. The van der Waals surface area contributed by atoms with Gasteiger partial charge < -0.3 is 9.47 Å². The van der Waals surface area contributed by atoms with Gasteiger partial charge in [-0.05, 0) is 0 Å². The van der Waals surface area contributed by atoms with Gasteiger partial charge in [-0.3, -0.25) is 10.2 Å². The normalized spacial score (nSPS) is 10.0. The van der Waals surface area contributed by atoms with Gasteiger partial charge in [0.2, 0.25) is 0 Å². The van der Waals surface area contributed by atoms with Gasteiger partial charge in [0.25, 0.3) is 0 Å². The van der Waals surface area contributed by atoms with Crippen LogP contribution in [0.4, 0.5) is 0 Å². The van der Waals surface area contributed by atoms with E-state index in [0.717, 1.165) is 12.5 Å². The van der Waals surface area contributed by atoms with Crippen molar-refractivity contribution in [3.05, 3.63) is 25.7 Å². The monoisotopic (exact) mass is 132 g/mol. The number of hydrogen-bond acceptors (Lipinski definition) is 4. The molecule has 0 unspecified atom stereocenters. The molecule has 0 aliphatic heterocycles. The predicted molar refractivity (Wildman–Crippen MR) is 29.7 cm³/mol. The second-order valence-electron chi connectivity index (χ2n) is 1.12. The Bertz CT molecular complexity index is 95.5. The van der Waals surface area contributed by atoms with Crippen LogP contribution in [0.1, 0.15) is 0 Å². The van der Waals surface area contributed by atoms with Crippen molar-refractivity contribution >= 4 is 0 Å². The van der Waals surface area contributed by atoms with Crippen LogP contribution in [-0.2, 0) is 9.47 Å². The molecule has 0 radical (unpaired) electrons. The Kier molecular flexibility index (Phi) is 2.77. The van der Waals surface area contributed by atoms with Crippen LogP contribution in [0.3, 0.4) is 0 Å². The molecule has 0 saturated heterocycles. The van der Waals surface area contributed by atoms with Gasteiger partial charge in [-0.15, -0.1) is 0 Å². The maximum atomic E-state index is 8.48. The Morgan fingerprint density at radius 3 is 1.67 bits per heavy atom. The molecule has 0 aromatic heterocycles. The summed E-state index contributed by atoms with van der Waals surface area (Å²) in [7, 11) is 0. The van der Waals surface area contributed by atoms with Crippen LogP contribution in [0.5, 0.6) is 0 Å². The van der Waals surface area contributed by atoms with Crippen LogP contribution in [0.25, 0.3) is 0 Å². The van der Waals surface area contributed by atoms with E-state index >= 15 is 0 Å². The lowest BCUT2D eigenvalue weighted by atomic mass is 11.0. The van der Waals surface area contributed by atoms with Crippen molar-refractivity contribution in [1.29, 1.82) is 0 Å². The van der Waals surface area contributed by atoms with Crippen LogP contribution in [0.2, 0.25) is 0 Å². The molecule has 9 heavy (non-hydrogen) atoms. The van der Waals surface area contributed by atoms with Crippen molar-refractivity contribution in [3.8, 4) is 0 Å². The first-order valence-electron chi connectivity index (χ1n) is 2.14. The van der Waals surface area contributed by atoms with Gasteiger partial charge in [-0.2, -0.15) is 0 Å². The third kappa shape index (κ3) is 3.57. The van der Waals surface area contributed by atoms with E-state index < -0.39 is 6.16 Å². The van der Waals surface area contributed by atoms with Crippen molar-refractivity contribution in [3.63, 3.8) is 0 Å². The average molecular weight is 132 g/mol. The number of ether oxygens (including phenoxy) is 2. The van der Waals surface area contributed by atoms with Gasteiger partial charge in [-0.1, -0.05) is 13.2 Å². The lowest BCUT2D eigenvalue weighted by molar-refractivity contribution is -0.437. The minimum Gasteiger partial charge on any atom is -0.415 e. The third-order valence-corrected chi connectivity index (χ3v) is 0.474. The molecule has 4 heteroatoms. The van der Waals surface area contributed by atoms with Crippen molar-refractivity contribution in [1.82, 2.24) is 0 Å². The highest BCUT2D eigenvalue weighted by atomic mass is 16.9. The molecule has 0 saturated carbocycles. The van der Waals surface area contributed by atoms with Crippen LogP contribution < -0.4 is 0 Å². The van der Waals surface area contributed by atoms with Gasteiger partial charge >= 0.3 is 6.16 Å². The molecule has 0 amide bonds. The second kappa shape index (κ2) is 3.11. The molecule has 52 valence electrons. The Labute approximate surface area is 52.6 Å². The van der Waals surface area contributed by atoms with Crippen molar-refractivity contribution in [2.24, 2.45) is 0 Å². The molecular weight excluding hydrogens is 124 g/mol. The van der Waals surface area contributed by atoms with Gasteiger partial charge in [0, 0.05) is 0 Å². The Morgan fingerprint density at radius 2 is 1.44 bits per heavy atom. The highest BCUT2D eigenvalue weighted by Gasteiger charge is 2.24. The zero-order valence-electron chi connectivity index (χ0n) is 4.78. The van der Waals surface area contributed by atoms with Gasteiger partial charge in [-0.25, -0.2) is 0 Å². The molecule has 0 atom stereocenters. The second-order valence-corrected chi connectivity index (χ2v) is 1.12. The molecule has 4 nitrogen and oxygen atoms in total. The summed E-state index contributed by atoms with van der Waals surface area (Å²) in [6.07, 6.45) is -0.962. The minimum atomic E-state index is -2.64. The summed E-state index contributed by atoms with van der Waals surface area (Å²) in [5.41, 5.74) is 0. The SMILES string of the molecule is C=COC(O)(O)OC=C. The zero-order chi connectivity index (χ0) is 7.33.